The Bertz CT molecular complexity index is 1010. The average molecular weight is 382 g/mol. The number of imidazole rings is 1. The number of hydrogen-bond donors (Lipinski definition) is 1. The molecule has 126 valence electrons. The molecule has 3 heterocycles. The monoisotopic (exact) mass is 381 g/mol. The van der Waals surface area contributed by atoms with E-state index in [0.29, 0.717) is 10.0 Å². The van der Waals surface area contributed by atoms with Gasteiger partial charge in [-0.15, -0.1) is 11.3 Å². The number of thiophene rings is 1. The molecule has 1 N–H and O–H groups in total. The van der Waals surface area contributed by atoms with E-state index in [1.165, 1.54) is 12.5 Å². The molecule has 0 amide bonds. The highest BCUT2D eigenvalue weighted by atomic mass is 35.5. The van der Waals surface area contributed by atoms with Gasteiger partial charge in [0.2, 0.25) is 0 Å². The Morgan fingerprint density at radius 3 is 2.83 bits per heavy atom. The molecule has 0 unspecified atom stereocenters. The van der Waals surface area contributed by atoms with Gasteiger partial charge in [0.25, 0.3) is 10.0 Å². The Hall–Kier alpha value is -1.57. The highest BCUT2D eigenvalue weighted by Crippen LogP contribution is 2.29. The Morgan fingerprint density at radius 2 is 2.04 bits per heavy atom. The summed E-state index contributed by atoms with van der Waals surface area (Å²) in [6, 6.07) is 8.61. The number of hydrogen-bond acceptors (Lipinski definition) is 4. The largest absolute Gasteiger partial charge is 0.328 e. The van der Waals surface area contributed by atoms with Crippen molar-refractivity contribution in [3.8, 4) is 0 Å². The van der Waals surface area contributed by atoms with Crippen molar-refractivity contribution >= 4 is 49.7 Å². The predicted octanol–water partition coefficient (Wildman–Crippen LogP) is 4.28. The summed E-state index contributed by atoms with van der Waals surface area (Å²) in [4.78, 5) is 4.69. The van der Waals surface area contributed by atoms with Gasteiger partial charge in [-0.1, -0.05) is 18.0 Å². The van der Waals surface area contributed by atoms with Crippen LogP contribution in [0.3, 0.4) is 0 Å². The van der Waals surface area contributed by atoms with Crippen molar-refractivity contribution in [1.82, 2.24) is 9.55 Å². The van der Waals surface area contributed by atoms with Crippen LogP contribution in [-0.4, -0.2) is 18.0 Å². The number of aryl methyl sites for hydroxylation is 2. The number of nitrogens with zero attached hydrogens (tertiary/aromatic N) is 2. The lowest BCUT2D eigenvalue weighted by molar-refractivity contribution is 0.603. The molecular weight excluding hydrogens is 366 g/mol. The van der Waals surface area contributed by atoms with E-state index in [0.717, 1.165) is 54.0 Å². The first kappa shape index (κ1) is 15.9. The van der Waals surface area contributed by atoms with E-state index in [1.807, 2.05) is 6.07 Å². The van der Waals surface area contributed by atoms with Gasteiger partial charge < -0.3 is 4.57 Å². The molecule has 4 rings (SSSR count). The zero-order valence-corrected chi connectivity index (χ0v) is 15.2. The Kier molecular flexibility index (Phi) is 4.02. The summed E-state index contributed by atoms with van der Waals surface area (Å²) in [6.45, 7) is 0.977. The molecule has 24 heavy (non-hydrogen) atoms. The minimum Gasteiger partial charge on any atom is -0.328 e. The van der Waals surface area contributed by atoms with Gasteiger partial charge in [-0.2, -0.15) is 0 Å². The van der Waals surface area contributed by atoms with Crippen molar-refractivity contribution in [2.45, 2.75) is 36.4 Å². The molecule has 0 fully saturated rings. The minimum absolute atomic E-state index is 0.202. The lowest BCUT2D eigenvalue weighted by Gasteiger charge is -2.07. The van der Waals surface area contributed by atoms with Gasteiger partial charge in [0.15, 0.2) is 0 Å². The second-order valence-electron chi connectivity index (χ2n) is 5.86. The third kappa shape index (κ3) is 2.92. The molecule has 0 atom stereocenters. The molecule has 0 aliphatic carbocycles. The van der Waals surface area contributed by atoms with E-state index >= 15 is 0 Å². The summed E-state index contributed by atoms with van der Waals surface area (Å²) in [7, 11) is -3.62. The maximum atomic E-state index is 12.4. The molecule has 0 bridgehead atoms. The van der Waals surface area contributed by atoms with Crippen molar-refractivity contribution in [3.05, 3.63) is 40.5 Å². The molecule has 1 aliphatic rings. The van der Waals surface area contributed by atoms with Crippen LogP contribution in [0.5, 0.6) is 0 Å². The van der Waals surface area contributed by atoms with Crippen LogP contribution in [0, 0.1) is 0 Å². The summed E-state index contributed by atoms with van der Waals surface area (Å²) in [5, 5.41) is 0. The van der Waals surface area contributed by atoms with Gasteiger partial charge >= 0.3 is 0 Å². The van der Waals surface area contributed by atoms with Crippen molar-refractivity contribution in [3.63, 3.8) is 0 Å². The van der Waals surface area contributed by atoms with Gasteiger partial charge in [0.05, 0.1) is 21.1 Å². The van der Waals surface area contributed by atoms with Crippen LogP contribution in [0.2, 0.25) is 4.34 Å². The first-order valence-electron chi connectivity index (χ1n) is 7.80. The van der Waals surface area contributed by atoms with Gasteiger partial charge in [-0.25, -0.2) is 13.4 Å². The first-order chi connectivity index (χ1) is 11.5. The number of rotatable bonds is 3. The molecule has 0 saturated heterocycles. The van der Waals surface area contributed by atoms with Crippen molar-refractivity contribution < 1.29 is 8.42 Å². The van der Waals surface area contributed by atoms with Crippen molar-refractivity contribution in [2.24, 2.45) is 0 Å². The maximum absolute atomic E-state index is 12.4. The highest BCUT2D eigenvalue weighted by Gasteiger charge is 2.18. The summed E-state index contributed by atoms with van der Waals surface area (Å²) in [6.07, 6.45) is 4.52. The van der Waals surface area contributed by atoms with Crippen LogP contribution >= 0.6 is 22.9 Å². The molecule has 2 aromatic heterocycles. The van der Waals surface area contributed by atoms with Crippen molar-refractivity contribution in [2.75, 3.05) is 4.72 Å². The van der Waals surface area contributed by atoms with Crippen LogP contribution in [0.1, 0.15) is 25.1 Å². The fraction of sp³-hybridized carbons (Fsp3) is 0.312. The van der Waals surface area contributed by atoms with Crippen molar-refractivity contribution in [1.29, 1.82) is 0 Å². The van der Waals surface area contributed by atoms with Crippen LogP contribution in [-0.2, 0) is 23.0 Å². The average Bonchev–Trinajstić information content (AvgIpc) is 3.04. The van der Waals surface area contributed by atoms with Gasteiger partial charge in [0, 0.05) is 13.0 Å². The molecule has 8 heteroatoms. The zero-order chi connectivity index (χ0) is 16.7. The second kappa shape index (κ2) is 6.06. The summed E-state index contributed by atoms with van der Waals surface area (Å²) >= 11 is 6.87. The zero-order valence-electron chi connectivity index (χ0n) is 12.8. The van der Waals surface area contributed by atoms with E-state index in [-0.39, 0.29) is 4.21 Å². The number of fused-ring (bicyclic) bond motifs is 3. The van der Waals surface area contributed by atoms with E-state index < -0.39 is 10.0 Å². The standard InChI is InChI=1S/C16H16ClN3O2S2/c17-14-7-8-16(23-14)24(21,22)19-11-5-6-13-12(10-11)18-15-4-2-1-3-9-20(13)15/h5-8,10,19H,1-4,9H2. The van der Waals surface area contributed by atoms with E-state index in [9.17, 15) is 8.42 Å². The highest BCUT2D eigenvalue weighted by molar-refractivity contribution is 7.94. The number of nitrogens with one attached hydrogen (secondary N) is 1. The molecule has 0 saturated carbocycles. The molecule has 1 aliphatic heterocycles. The fourth-order valence-corrected chi connectivity index (χ4v) is 5.59. The lowest BCUT2D eigenvalue weighted by Crippen LogP contribution is -2.11. The van der Waals surface area contributed by atoms with Gasteiger partial charge in [-0.3, -0.25) is 4.72 Å². The smallest absolute Gasteiger partial charge is 0.271 e. The second-order valence-corrected chi connectivity index (χ2v) is 9.48. The third-order valence-corrected chi connectivity index (χ3v) is 7.28. The molecule has 5 nitrogen and oxygen atoms in total. The van der Waals surface area contributed by atoms with E-state index in [1.54, 1.807) is 18.2 Å². The minimum atomic E-state index is -3.62. The lowest BCUT2D eigenvalue weighted by atomic mass is 10.2. The van der Waals surface area contributed by atoms with E-state index in [4.69, 9.17) is 16.6 Å². The number of halogens is 1. The number of benzene rings is 1. The molecular formula is C16H16ClN3O2S2. The SMILES string of the molecule is O=S(=O)(Nc1ccc2c(c1)nc1n2CCCCC1)c1ccc(Cl)s1. The number of aromatic nitrogens is 2. The van der Waals surface area contributed by atoms with Gasteiger partial charge in [-0.05, 0) is 43.2 Å². The van der Waals surface area contributed by atoms with Crippen LogP contribution in [0.15, 0.2) is 34.5 Å². The quantitative estimate of drug-likeness (QED) is 0.736. The molecule has 1 aromatic carbocycles. The number of sulfonamides is 1. The molecule has 0 spiro atoms. The fourth-order valence-electron chi connectivity index (χ4n) is 3.06. The van der Waals surface area contributed by atoms with Crippen LogP contribution < -0.4 is 4.72 Å². The summed E-state index contributed by atoms with van der Waals surface area (Å²) in [5.74, 6) is 1.09. The third-order valence-electron chi connectivity index (χ3n) is 4.18. The Balaban J connectivity index is 1.68. The molecule has 0 radical (unpaired) electrons. The topological polar surface area (TPSA) is 64.0 Å². The van der Waals surface area contributed by atoms with Crippen LogP contribution in [0.25, 0.3) is 11.0 Å². The Labute approximate surface area is 149 Å². The predicted molar refractivity (Wildman–Crippen MR) is 97.4 cm³/mol. The maximum Gasteiger partial charge on any atom is 0.271 e. The summed E-state index contributed by atoms with van der Waals surface area (Å²) in [5.41, 5.74) is 2.41. The van der Waals surface area contributed by atoms with E-state index in [2.05, 4.69) is 9.29 Å². The normalized spacial score (nSPS) is 15.2. The first-order valence-corrected chi connectivity index (χ1v) is 10.5. The Morgan fingerprint density at radius 1 is 1.17 bits per heavy atom. The van der Waals surface area contributed by atoms with Gasteiger partial charge in [0.1, 0.15) is 10.0 Å². The number of anilines is 1. The molecule has 3 aromatic rings. The summed E-state index contributed by atoms with van der Waals surface area (Å²) < 4.78 is 30.3. The van der Waals surface area contributed by atoms with Crippen LogP contribution in [0.4, 0.5) is 5.69 Å².